The number of carboxylic acids is 1. The average molecular weight is 600 g/mol. The van der Waals surface area contributed by atoms with Gasteiger partial charge in [0, 0.05) is 46.3 Å². The molecule has 12 nitrogen and oxygen atoms in total. The largest absolute Gasteiger partial charge is 0.550 e. The number of carbonyl (C=O) groups excluding carboxylic acids is 6. The first-order chi connectivity index (χ1) is 17.6. The number of ether oxygens (including phenoxy) is 4. The zero-order valence-electron chi connectivity index (χ0n) is 22.8. The molecule has 0 aliphatic carbocycles. The molecule has 0 aromatic heterocycles. The van der Waals surface area contributed by atoms with Crippen molar-refractivity contribution in [2.45, 2.75) is 77.4 Å². The number of esters is 3. The van der Waals surface area contributed by atoms with Crippen molar-refractivity contribution in [2.75, 3.05) is 29.8 Å². The van der Waals surface area contributed by atoms with Crippen LogP contribution in [0.5, 0.6) is 0 Å². The van der Waals surface area contributed by atoms with Gasteiger partial charge in [-0.3, -0.25) is 24.0 Å². The Morgan fingerprint density at radius 3 is 1.79 bits per heavy atom. The van der Waals surface area contributed by atoms with E-state index in [2.05, 4.69) is 5.32 Å². The Bertz CT molecular complexity index is 837. The van der Waals surface area contributed by atoms with Crippen LogP contribution in [0.1, 0.15) is 41.5 Å². The Hall–Kier alpha value is -1.97. The first kappa shape index (κ1) is 36.0. The number of carbonyl (C=O) groups is 6. The van der Waals surface area contributed by atoms with Crippen LogP contribution in [0.2, 0.25) is 0 Å². The highest BCUT2D eigenvalue weighted by Gasteiger charge is 2.54. The second-order valence-electron chi connectivity index (χ2n) is 8.22. The van der Waals surface area contributed by atoms with Gasteiger partial charge in [0.15, 0.2) is 23.4 Å². The van der Waals surface area contributed by atoms with E-state index in [4.69, 9.17) is 28.8 Å². The number of carboxylic acid groups (broad SMARTS) is 1. The van der Waals surface area contributed by atoms with E-state index in [1.54, 1.807) is 6.26 Å². The predicted octanol–water partition coefficient (Wildman–Crippen LogP) is -0.342. The molecule has 0 aromatic rings. The average Bonchev–Trinajstić information content (AvgIpc) is 2.73. The SMILES string of the molecule is CC(=O)[O-].CS[C@H]1O[C@H]([C@H](C[S+](C)CCSC(C)=O)NC(C)=O)[C@H](OC(C)=O)[C@H](OC(C)=O)[C@H]1OC(C)=O. The highest BCUT2D eigenvalue weighted by Crippen LogP contribution is 2.34. The van der Waals surface area contributed by atoms with Gasteiger partial charge in [0.2, 0.25) is 5.91 Å². The molecule has 0 saturated carbocycles. The van der Waals surface area contributed by atoms with Crippen molar-refractivity contribution < 1.29 is 52.8 Å². The molecule has 1 rings (SSSR count). The highest BCUT2D eigenvalue weighted by molar-refractivity contribution is 8.14. The molecule has 15 heteroatoms. The Kier molecular flexibility index (Phi) is 17.4. The van der Waals surface area contributed by atoms with Gasteiger partial charge in [0.05, 0.1) is 6.26 Å². The lowest BCUT2D eigenvalue weighted by atomic mass is 9.94. The predicted molar refractivity (Wildman–Crippen MR) is 143 cm³/mol. The first-order valence-electron chi connectivity index (χ1n) is 11.5. The fraction of sp³-hybridized carbons (Fsp3) is 0.739. The van der Waals surface area contributed by atoms with E-state index in [-0.39, 0.29) is 21.9 Å². The van der Waals surface area contributed by atoms with Gasteiger partial charge in [-0.2, -0.15) is 0 Å². The maximum atomic E-state index is 12.1. The topological polar surface area (TPSA) is 174 Å². The highest BCUT2D eigenvalue weighted by atomic mass is 32.2. The van der Waals surface area contributed by atoms with E-state index in [1.165, 1.54) is 58.1 Å². The number of hydrogen-bond donors (Lipinski definition) is 1. The molecule has 38 heavy (non-hydrogen) atoms. The van der Waals surface area contributed by atoms with Gasteiger partial charge in [-0.05, 0) is 24.1 Å². The molecule has 218 valence electrons. The van der Waals surface area contributed by atoms with Crippen molar-refractivity contribution in [3.63, 3.8) is 0 Å². The van der Waals surface area contributed by atoms with Crippen LogP contribution in [0.4, 0.5) is 0 Å². The molecule has 1 N–H and O–H groups in total. The molecule has 0 aromatic carbocycles. The molecule has 1 unspecified atom stereocenters. The molecular weight excluding hydrogens is 562 g/mol. The smallest absolute Gasteiger partial charge is 0.303 e. The zero-order chi connectivity index (χ0) is 29.6. The third kappa shape index (κ3) is 14.8. The van der Waals surface area contributed by atoms with Crippen LogP contribution in [-0.2, 0) is 58.6 Å². The van der Waals surface area contributed by atoms with E-state index < -0.39 is 59.8 Å². The molecule has 1 amide bonds. The Morgan fingerprint density at radius 1 is 0.895 bits per heavy atom. The van der Waals surface area contributed by atoms with E-state index in [0.717, 1.165) is 12.7 Å². The van der Waals surface area contributed by atoms with Gasteiger partial charge < -0.3 is 34.2 Å². The van der Waals surface area contributed by atoms with Crippen molar-refractivity contribution in [2.24, 2.45) is 0 Å². The van der Waals surface area contributed by atoms with E-state index in [0.29, 0.717) is 11.5 Å². The molecule has 1 aliphatic rings. The summed E-state index contributed by atoms with van der Waals surface area (Å²) in [6.45, 7) is 7.48. The first-order valence-corrected chi connectivity index (χ1v) is 15.7. The number of nitrogens with one attached hydrogen (secondary N) is 1. The minimum Gasteiger partial charge on any atom is -0.550 e. The van der Waals surface area contributed by atoms with Gasteiger partial charge in [-0.1, -0.05) is 11.8 Å². The van der Waals surface area contributed by atoms with Crippen LogP contribution in [-0.4, -0.2) is 101 Å². The Labute approximate surface area is 234 Å². The van der Waals surface area contributed by atoms with Crippen LogP contribution in [0, 0.1) is 0 Å². The lowest BCUT2D eigenvalue weighted by molar-refractivity contribution is -0.302. The molecule has 1 aliphatic heterocycles. The van der Waals surface area contributed by atoms with Gasteiger partial charge in [0.1, 0.15) is 29.1 Å². The minimum atomic E-state index is -1.13. The van der Waals surface area contributed by atoms with Gasteiger partial charge in [-0.25, -0.2) is 0 Å². The van der Waals surface area contributed by atoms with Crippen LogP contribution >= 0.6 is 23.5 Å². The number of thioether (sulfide) groups is 2. The van der Waals surface area contributed by atoms with Gasteiger partial charge in [-0.15, -0.1) is 11.8 Å². The molecular formula is C23H37NO11S3. The molecule has 7 atom stereocenters. The summed E-state index contributed by atoms with van der Waals surface area (Å²) in [6.07, 6.45) is -0.416. The number of aliphatic carboxylic acids is 1. The van der Waals surface area contributed by atoms with Crippen LogP contribution in [0.15, 0.2) is 0 Å². The van der Waals surface area contributed by atoms with Gasteiger partial charge >= 0.3 is 17.9 Å². The molecule has 1 heterocycles. The maximum Gasteiger partial charge on any atom is 0.303 e. The minimum absolute atomic E-state index is 0.0319. The summed E-state index contributed by atoms with van der Waals surface area (Å²) in [5.74, 6) is -1.44. The molecule has 0 spiro atoms. The zero-order valence-corrected chi connectivity index (χ0v) is 25.3. The number of hydrogen-bond acceptors (Lipinski definition) is 13. The Balaban J connectivity index is 0.00000318. The summed E-state index contributed by atoms with van der Waals surface area (Å²) in [4.78, 5) is 67.9. The van der Waals surface area contributed by atoms with E-state index in [1.807, 2.05) is 6.26 Å². The summed E-state index contributed by atoms with van der Waals surface area (Å²) in [7, 11) is -0.223. The normalized spacial score (nSPS) is 23.9. The summed E-state index contributed by atoms with van der Waals surface area (Å²) in [5.41, 5.74) is -0.742. The second-order valence-corrected chi connectivity index (χ2v) is 12.7. The van der Waals surface area contributed by atoms with Crippen molar-refractivity contribution in [3.8, 4) is 0 Å². The second kappa shape index (κ2) is 18.3. The summed E-state index contributed by atoms with van der Waals surface area (Å²) in [6, 6.07) is -0.594. The lowest BCUT2D eigenvalue weighted by Gasteiger charge is -2.46. The maximum absolute atomic E-state index is 12.1. The Morgan fingerprint density at radius 2 is 1.37 bits per heavy atom. The monoisotopic (exact) mass is 599 g/mol. The van der Waals surface area contributed by atoms with E-state index in [9.17, 15) is 24.0 Å². The van der Waals surface area contributed by atoms with Crippen LogP contribution in [0.25, 0.3) is 0 Å². The fourth-order valence-corrected chi connectivity index (χ4v) is 7.04. The molecule has 0 bridgehead atoms. The van der Waals surface area contributed by atoms with Crippen molar-refractivity contribution in [1.29, 1.82) is 0 Å². The quantitative estimate of drug-likeness (QED) is 0.186. The van der Waals surface area contributed by atoms with Crippen LogP contribution in [0.3, 0.4) is 0 Å². The molecule has 1 fully saturated rings. The van der Waals surface area contributed by atoms with Crippen molar-refractivity contribution in [3.05, 3.63) is 0 Å². The van der Waals surface area contributed by atoms with Crippen molar-refractivity contribution >= 4 is 69.3 Å². The molecule has 0 radical (unpaired) electrons. The number of amides is 1. The summed E-state index contributed by atoms with van der Waals surface area (Å²) in [5, 5.41) is 11.8. The third-order valence-corrected chi connectivity index (χ3v) is 8.40. The third-order valence-electron chi connectivity index (χ3n) is 4.66. The van der Waals surface area contributed by atoms with Crippen LogP contribution < -0.4 is 10.4 Å². The summed E-state index contributed by atoms with van der Waals surface area (Å²) < 4.78 is 22.7. The fourth-order valence-electron chi connectivity index (χ4n) is 3.52. The summed E-state index contributed by atoms with van der Waals surface area (Å²) >= 11 is 2.47. The molecule has 1 saturated heterocycles. The number of rotatable bonds is 11. The van der Waals surface area contributed by atoms with E-state index >= 15 is 0 Å². The standard InChI is InChI=1S/C21H33NO9S3.C2H4O2/c1-11(23)22-16(10-34(7)9-8-33-15(5)27)17-18(28-12(2)24)19(29-13(3)25)20(30-14(4)26)21(31-17)32-6;1-2(3)4/h16-21H,8-10H2,1-7H3;1H3,(H,3,4)/t16-,17+,18-,19-,20+,21+,34?;/m0./s1. The lowest BCUT2D eigenvalue weighted by Crippen LogP contribution is -2.66. The van der Waals surface area contributed by atoms with Gasteiger partial charge in [0.25, 0.3) is 0 Å². The van der Waals surface area contributed by atoms with Crippen molar-refractivity contribution in [1.82, 2.24) is 5.32 Å².